The highest BCUT2D eigenvalue weighted by Gasteiger charge is 2.40. The lowest BCUT2D eigenvalue weighted by molar-refractivity contribution is -0.138. The lowest BCUT2D eigenvalue weighted by Gasteiger charge is -2.25. The number of nitrogens with two attached hydrogens (primary N) is 1. The largest absolute Gasteiger partial charge is 0.456 e. The second-order valence-electron chi connectivity index (χ2n) is 9.99. The number of ether oxygens (including phenoxy) is 1. The van der Waals surface area contributed by atoms with Crippen LogP contribution in [0.2, 0.25) is 0 Å². The molecule has 1 aliphatic heterocycles. The van der Waals surface area contributed by atoms with Crippen molar-refractivity contribution in [3.05, 3.63) is 69.9 Å². The van der Waals surface area contributed by atoms with Crippen LogP contribution in [0.5, 0.6) is 0 Å². The van der Waals surface area contributed by atoms with Gasteiger partial charge in [0, 0.05) is 51.7 Å². The SMILES string of the molecule is COC[C@H]1C[C@@H](C(=O)N[C@H](C)c2cc(C(=N)N)cs2)N(C(=O)CNC(=O)c2ccc3oc4ccccc4c3c2)C1. The Balaban J connectivity index is 1.25. The third-order valence-corrected chi connectivity index (χ3v) is 8.28. The van der Waals surface area contributed by atoms with Crippen molar-refractivity contribution in [2.24, 2.45) is 11.7 Å². The zero-order chi connectivity index (χ0) is 28.4. The third-order valence-electron chi connectivity index (χ3n) is 7.17. The number of nitrogens with zero attached hydrogens (tertiary/aromatic N) is 1. The van der Waals surface area contributed by atoms with E-state index < -0.39 is 6.04 Å². The number of nitrogen functional groups attached to an aromatic ring is 1. The number of likely N-dealkylation sites (tertiary alicyclic amines) is 1. The normalized spacial score (nSPS) is 17.7. The Morgan fingerprint density at radius 3 is 2.67 bits per heavy atom. The van der Waals surface area contributed by atoms with E-state index in [2.05, 4.69) is 10.6 Å². The van der Waals surface area contributed by atoms with Gasteiger partial charge >= 0.3 is 0 Å². The van der Waals surface area contributed by atoms with E-state index in [1.807, 2.05) is 31.2 Å². The highest BCUT2D eigenvalue weighted by molar-refractivity contribution is 7.10. The molecule has 10 nitrogen and oxygen atoms in total. The van der Waals surface area contributed by atoms with Crippen LogP contribution in [-0.2, 0) is 14.3 Å². The molecule has 0 unspecified atom stereocenters. The third kappa shape index (κ3) is 5.56. The lowest BCUT2D eigenvalue weighted by atomic mass is 10.1. The van der Waals surface area contributed by atoms with Crippen LogP contribution >= 0.6 is 11.3 Å². The van der Waals surface area contributed by atoms with Crippen LogP contribution in [0.3, 0.4) is 0 Å². The molecule has 5 N–H and O–H groups in total. The fraction of sp³-hybridized carbons (Fsp3) is 0.310. The van der Waals surface area contributed by atoms with E-state index in [9.17, 15) is 14.4 Å². The number of benzene rings is 2. The molecule has 0 radical (unpaired) electrons. The maximum absolute atomic E-state index is 13.3. The van der Waals surface area contributed by atoms with Crippen molar-refractivity contribution in [3.8, 4) is 0 Å². The molecule has 4 aromatic rings. The number of amidine groups is 1. The summed E-state index contributed by atoms with van der Waals surface area (Å²) in [6.07, 6.45) is 0.458. The first kappa shape index (κ1) is 27.4. The quantitative estimate of drug-likeness (QED) is 0.182. The monoisotopic (exact) mass is 561 g/mol. The maximum Gasteiger partial charge on any atom is 0.251 e. The number of hydrogen-bond donors (Lipinski definition) is 4. The van der Waals surface area contributed by atoms with E-state index in [1.165, 1.54) is 16.2 Å². The Hall–Kier alpha value is -4.22. The number of thiophene rings is 1. The number of rotatable bonds is 9. The molecule has 1 aliphatic rings. The Bertz CT molecular complexity index is 1590. The predicted octanol–water partition coefficient (Wildman–Crippen LogP) is 3.40. The number of carbonyl (C=O) groups excluding carboxylic acids is 3. The van der Waals surface area contributed by atoms with Crippen molar-refractivity contribution in [1.29, 1.82) is 5.41 Å². The van der Waals surface area contributed by atoms with Gasteiger partial charge in [0.2, 0.25) is 11.8 Å². The number of hydrogen-bond acceptors (Lipinski definition) is 7. The fourth-order valence-corrected chi connectivity index (χ4v) is 6.05. The number of para-hydroxylation sites is 1. The van der Waals surface area contributed by atoms with Crippen LogP contribution in [0.25, 0.3) is 21.9 Å². The van der Waals surface area contributed by atoms with Crippen LogP contribution in [0.15, 0.2) is 58.3 Å². The van der Waals surface area contributed by atoms with Crippen molar-refractivity contribution in [3.63, 3.8) is 0 Å². The summed E-state index contributed by atoms with van der Waals surface area (Å²) in [6.45, 7) is 2.38. The Morgan fingerprint density at radius 1 is 1.15 bits per heavy atom. The van der Waals surface area contributed by atoms with Gasteiger partial charge in [-0.2, -0.15) is 0 Å². The molecule has 2 aromatic carbocycles. The molecule has 208 valence electrons. The van der Waals surface area contributed by atoms with Gasteiger partial charge in [-0.15, -0.1) is 11.3 Å². The predicted molar refractivity (Wildman–Crippen MR) is 153 cm³/mol. The Kier molecular flexibility index (Phi) is 7.85. The molecule has 40 heavy (non-hydrogen) atoms. The minimum atomic E-state index is -0.687. The molecular weight excluding hydrogens is 530 g/mol. The van der Waals surface area contributed by atoms with Crippen LogP contribution in [0.4, 0.5) is 0 Å². The Labute approximate surface area is 235 Å². The second kappa shape index (κ2) is 11.5. The molecule has 11 heteroatoms. The number of furan rings is 1. The summed E-state index contributed by atoms with van der Waals surface area (Å²) in [5.41, 5.74) is 8.00. The highest BCUT2D eigenvalue weighted by Crippen LogP contribution is 2.29. The van der Waals surface area contributed by atoms with Crippen LogP contribution in [0.1, 0.15) is 40.2 Å². The highest BCUT2D eigenvalue weighted by atomic mass is 32.1. The van der Waals surface area contributed by atoms with Crippen molar-refractivity contribution < 1.29 is 23.5 Å². The number of methoxy groups -OCH3 is 1. The zero-order valence-electron chi connectivity index (χ0n) is 22.2. The van der Waals surface area contributed by atoms with E-state index >= 15 is 0 Å². The van der Waals surface area contributed by atoms with Crippen molar-refractivity contribution >= 4 is 56.8 Å². The molecule has 5 rings (SSSR count). The molecule has 2 aromatic heterocycles. The van der Waals surface area contributed by atoms with E-state index in [0.29, 0.717) is 36.3 Å². The summed E-state index contributed by atoms with van der Waals surface area (Å²) in [6, 6.07) is 13.5. The molecule has 0 saturated carbocycles. The van der Waals surface area contributed by atoms with Crippen LogP contribution in [0, 0.1) is 11.3 Å². The van der Waals surface area contributed by atoms with E-state index in [-0.39, 0.29) is 42.1 Å². The molecule has 3 amide bonds. The zero-order valence-corrected chi connectivity index (χ0v) is 23.0. The first-order valence-corrected chi connectivity index (χ1v) is 13.8. The summed E-state index contributed by atoms with van der Waals surface area (Å²) < 4.78 is 11.1. The van der Waals surface area contributed by atoms with Crippen molar-refractivity contribution in [2.75, 3.05) is 26.8 Å². The molecule has 3 heterocycles. The van der Waals surface area contributed by atoms with Crippen molar-refractivity contribution in [2.45, 2.75) is 25.4 Å². The molecule has 1 fully saturated rings. The average molecular weight is 562 g/mol. The average Bonchev–Trinajstić information content (AvgIpc) is 3.68. The summed E-state index contributed by atoms with van der Waals surface area (Å²) in [5.74, 6) is -1.04. The van der Waals surface area contributed by atoms with Gasteiger partial charge in [0.15, 0.2) is 0 Å². The molecular formula is C29H31N5O5S. The van der Waals surface area contributed by atoms with Gasteiger partial charge in [-0.3, -0.25) is 19.8 Å². The summed E-state index contributed by atoms with van der Waals surface area (Å²) in [7, 11) is 1.59. The van der Waals surface area contributed by atoms with E-state index in [1.54, 1.807) is 36.8 Å². The lowest BCUT2D eigenvalue weighted by Crippen LogP contribution is -2.49. The Morgan fingerprint density at radius 2 is 1.93 bits per heavy atom. The second-order valence-corrected chi connectivity index (χ2v) is 10.9. The van der Waals surface area contributed by atoms with Gasteiger partial charge in [0.05, 0.1) is 19.2 Å². The summed E-state index contributed by atoms with van der Waals surface area (Å²) >= 11 is 1.41. The van der Waals surface area contributed by atoms with E-state index in [0.717, 1.165) is 21.2 Å². The van der Waals surface area contributed by atoms with Crippen molar-refractivity contribution in [1.82, 2.24) is 15.5 Å². The number of fused-ring (bicyclic) bond motifs is 3. The van der Waals surface area contributed by atoms with Gasteiger partial charge in [-0.1, -0.05) is 18.2 Å². The topological polar surface area (TPSA) is 151 Å². The first-order chi connectivity index (χ1) is 19.2. The molecule has 1 saturated heterocycles. The van der Waals surface area contributed by atoms with Gasteiger partial charge in [-0.25, -0.2) is 0 Å². The van der Waals surface area contributed by atoms with Crippen LogP contribution in [-0.4, -0.2) is 61.3 Å². The smallest absolute Gasteiger partial charge is 0.251 e. The fourth-order valence-electron chi connectivity index (χ4n) is 5.13. The number of nitrogens with one attached hydrogen (secondary N) is 3. The number of amides is 3. The standard InChI is InChI=1S/C29H31N5O5S/c1-16(25-11-19(15-40-25)27(30)31)33-29(37)22-9-17(14-38-2)13-34(22)26(35)12-32-28(36)18-7-8-24-21(10-18)20-5-3-4-6-23(20)39-24/h3-8,10-11,15-17,22H,9,12-14H2,1-2H3,(H3,30,31)(H,32,36)(H,33,37)/t16-,17+,22+/m1/s1. The first-order valence-electron chi connectivity index (χ1n) is 13.0. The molecule has 0 aliphatic carbocycles. The minimum Gasteiger partial charge on any atom is -0.456 e. The number of carbonyl (C=O) groups is 3. The van der Waals surface area contributed by atoms with E-state index in [4.69, 9.17) is 20.3 Å². The van der Waals surface area contributed by atoms with Gasteiger partial charge in [-0.05, 0) is 43.7 Å². The van der Waals surface area contributed by atoms with Gasteiger partial charge < -0.3 is 30.4 Å². The molecule has 3 atom stereocenters. The van der Waals surface area contributed by atoms with Gasteiger partial charge in [0.25, 0.3) is 5.91 Å². The maximum atomic E-state index is 13.3. The van der Waals surface area contributed by atoms with Crippen LogP contribution < -0.4 is 16.4 Å². The van der Waals surface area contributed by atoms with Gasteiger partial charge in [0.1, 0.15) is 23.0 Å². The molecule has 0 spiro atoms. The summed E-state index contributed by atoms with van der Waals surface area (Å²) in [5, 5.41) is 16.8. The molecule has 0 bridgehead atoms. The summed E-state index contributed by atoms with van der Waals surface area (Å²) in [4.78, 5) is 41.9. The minimum absolute atomic E-state index is 0.00135.